The van der Waals surface area contributed by atoms with Crippen LogP contribution in [0.4, 0.5) is 4.39 Å². The van der Waals surface area contributed by atoms with Gasteiger partial charge in [-0.1, -0.05) is 11.6 Å². The minimum absolute atomic E-state index is 0.00552. The van der Waals surface area contributed by atoms with Gasteiger partial charge in [-0.25, -0.2) is 4.39 Å². The number of nitrogens with zero attached hydrogens (tertiary/aromatic N) is 1. The lowest BCUT2D eigenvalue weighted by Crippen LogP contribution is -2.40. The molecule has 2 N–H and O–H groups in total. The maximum absolute atomic E-state index is 13.6. The Morgan fingerprint density at radius 1 is 1.47 bits per heavy atom. The van der Waals surface area contributed by atoms with Gasteiger partial charge < -0.3 is 10.6 Å². The van der Waals surface area contributed by atoms with E-state index < -0.39 is 5.82 Å². The molecular formula is C13H19FN2O. The second kappa shape index (κ2) is 5.77. The molecule has 0 radical (unpaired) electrons. The number of nitrogens with two attached hydrogens (primary N) is 1. The number of carbonyl (C=O) groups excluding carboxylic acids is 1. The summed E-state index contributed by atoms with van der Waals surface area (Å²) in [6.07, 6.45) is 0. The molecule has 0 aliphatic heterocycles. The Morgan fingerprint density at radius 2 is 2.12 bits per heavy atom. The van der Waals surface area contributed by atoms with Crippen LogP contribution >= 0.6 is 0 Å². The molecule has 0 unspecified atom stereocenters. The van der Waals surface area contributed by atoms with E-state index >= 15 is 0 Å². The minimum atomic E-state index is -0.483. The van der Waals surface area contributed by atoms with Crippen molar-refractivity contribution in [1.29, 1.82) is 0 Å². The number of amides is 1. The van der Waals surface area contributed by atoms with Gasteiger partial charge in [0.2, 0.25) is 0 Å². The first-order valence-electron chi connectivity index (χ1n) is 5.74. The van der Waals surface area contributed by atoms with Gasteiger partial charge in [0.25, 0.3) is 5.91 Å². The van der Waals surface area contributed by atoms with Crippen molar-refractivity contribution in [3.05, 3.63) is 35.1 Å². The molecule has 0 atom stereocenters. The molecular weight excluding hydrogens is 219 g/mol. The zero-order valence-electron chi connectivity index (χ0n) is 10.5. The Hall–Kier alpha value is -1.42. The lowest BCUT2D eigenvalue weighted by atomic mass is 10.1. The topological polar surface area (TPSA) is 46.3 Å². The highest BCUT2D eigenvalue weighted by Gasteiger charge is 2.20. The Bertz CT molecular complexity index is 404. The fourth-order valence-electron chi connectivity index (χ4n) is 1.69. The van der Waals surface area contributed by atoms with E-state index in [-0.39, 0.29) is 17.5 Å². The number of benzene rings is 1. The van der Waals surface area contributed by atoms with Crippen LogP contribution in [0.5, 0.6) is 0 Å². The summed E-state index contributed by atoms with van der Waals surface area (Å²) in [6.45, 7) is 6.42. The summed E-state index contributed by atoms with van der Waals surface area (Å²) in [5.41, 5.74) is 6.45. The minimum Gasteiger partial charge on any atom is -0.335 e. The summed E-state index contributed by atoms with van der Waals surface area (Å²) in [5.74, 6) is -0.782. The van der Waals surface area contributed by atoms with Crippen LogP contribution in [-0.2, 0) is 0 Å². The quantitative estimate of drug-likeness (QED) is 0.871. The maximum atomic E-state index is 13.6. The van der Waals surface area contributed by atoms with Gasteiger partial charge in [0, 0.05) is 19.1 Å². The van der Waals surface area contributed by atoms with E-state index in [9.17, 15) is 9.18 Å². The first-order chi connectivity index (χ1) is 7.97. The van der Waals surface area contributed by atoms with Crippen molar-refractivity contribution in [3.63, 3.8) is 0 Å². The van der Waals surface area contributed by atoms with E-state index in [4.69, 9.17) is 5.73 Å². The summed E-state index contributed by atoms with van der Waals surface area (Å²) in [6, 6.07) is 4.55. The first-order valence-corrected chi connectivity index (χ1v) is 5.74. The summed E-state index contributed by atoms with van der Waals surface area (Å²) >= 11 is 0. The monoisotopic (exact) mass is 238 g/mol. The number of halogens is 1. The van der Waals surface area contributed by atoms with Crippen molar-refractivity contribution < 1.29 is 9.18 Å². The molecule has 1 rings (SSSR count). The van der Waals surface area contributed by atoms with Gasteiger partial charge in [0.15, 0.2) is 0 Å². The summed E-state index contributed by atoms with van der Waals surface area (Å²) < 4.78 is 13.6. The van der Waals surface area contributed by atoms with Gasteiger partial charge in [-0.3, -0.25) is 4.79 Å². The predicted molar refractivity (Wildman–Crippen MR) is 66.4 cm³/mol. The molecule has 0 spiro atoms. The van der Waals surface area contributed by atoms with Crippen molar-refractivity contribution in [2.45, 2.75) is 26.8 Å². The number of rotatable bonds is 4. The first kappa shape index (κ1) is 13.6. The van der Waals surface area contributed by atoms with Crippen LogP contribution in [0.25, 0.3) is 0 Å². The van der Waals surface area contributed by atoms with Gasteiger partial charge in [0.1, 0.15) is 5.82 Å². The molecule has 0 heterocycles. The SMILES string of the molecule is Cc1ccc(F)c(C(=O)N(CCN)C(C)C)c1. The molecule has 3 nitrogen and oxygen atoms in total. The summed E-state index contributed by atoms with van der Waals surface area (Å²) in [4.78, 5) is 13.8. The number of aryl methyl sites for hydroxylation is 1. The Kier molecular flexibility index (Phi) is 4.63. The van der Waals surface area contributed by atoms with E-state index in [0.717, 1.165) is 5.56 Å². The maximum Gasteiger partial charge on any atom is 0.257 e. The van der Waals surface area contributed by atoms with Gasteiger partial charge in [-0.15, -0.1) is 0 Å². The highest BCUT2D eigenvalue weighted by Crippen LogP contribution is 2.14. The Morgan fingerprint density at radius 3 is 2.65 bits per heavy atom. The van der Waals surface area contributed by atoms with E-state index in [0.29, 0.717) is 13.1 Å². The van der Waals surface area contributed by atoms with Crippen LogP contribution in [0.3, 0.4) is 0 Å². The van der Waals surface area contributed by atoms with Crippen LogP contribution in [0.1, 0.15) is 29.8 Å². The normalized spacial score (nSPS) is 10.7. The molecule has 0 saturated carbocycles. The van der Waals surface area contributed by atoms with E-state index in [1.807, 2.05) is 20.8 Å². The lowest BCUT2D eigenvalue weighted by Gasteiger charge is -2.26. The molecule has 4 heteroatoms. The largest absolute Gasteiger partial charge is 0.335 e. The van der Waals surface area contributed by atoms with E-state index in [2.05, 4.69) is 0 Å². The molecule has 1 aromatic carbocycles. The number of carbonyl (C=O) groups is 1. The third-order valence-corrected chi connectivity index (χ3v) is 2.61. The number of hydrogen-bond acceptors (Lipinski definition) is 2. The molecule has 1 amide bonds. The van der Waals surface area contributed by atoms with E-state index in [1.165, 1.54) is 6.07 Å². The zero-order valence-corrected chi connectivity index (χ0v) is 10.5. The van der Waals surface area contributed by atoms with Crippen molar-refractivity contribution in [2.75, 3.05) is 13.1 Å². The van der Waals surface area contributed by atoms with Crippen molar-refractivity contribution >= 4 is 5.91 Å². The number of hydrogen-bond donors (Lipinski definition) is 1. The van der Waals surface area contributed by atoms with Gasteiger partial charge in [-0.2, -0.15) is 0 Å². The van der Waals surface area contributed by atoms with Crippen molar-refractivity contribution in [2.24, 2.45) is 5.73 Å². The highest BCUT2D eigenvalue weighted by atomic mass is 19.1. The van der Waals surface area contributed by atoms with Gasteiger partial charge in [0.05, 0.1) is 5.56 Å². The summed E-state index contributed by atoms with van der Waals surface area (Å²) in [7, 11) is 0. The average molecular weight is 238 g/mol. The molecule has 0 bridgehead atoms. The Labute approximate surface area is 101 Å². The van der Waals surface area contributed by atoms with Crippen molar-refractivity contribution in [1.82, 2.24) is 4.90 Å². The molecule has 0 aromatic heterocycles. The second-order valence-electron chi connectivity index (χ2n) is 4.36. The Balaban J connectivity index is 3.04. The smallest absolute Gasteiger partial charge is 0.257 e. The molecule has 0 aliphatic rings. The van der Waals surface area contributed by atoms with Crippen LogP contribution in [-0.4, -0.2) is 29.9 Å². The fourth-order valence-corrected chi connectivity index (χ4v) is 1.69. The van der Waals surface area contributed by atoms with Gasteiger partial charge in [-0.05, 0) is 32.9 Å². The molecule has 0 saturated heterocycles. The fraction of sp³-hybridized carbons (Fsp3) is 0.462. The molecule has 17 heavy (non-hydrogen) atoms. The summed E-state index contributed by atoms with van der Waals surface area (Å²) in [5, 5.41) is 0. The molecule has 0 fully saturated rings. The molecule has 1 aromatic rings. The average Bonchev–Trinajstić information content (AvgIpc) is 2.28. The van der Waals surface area contributed by atoms with Crippen LogP contribution < -0.4 is 5.73 Å². The third kappa shape index (κ3) is 3.27. The lowest BCUT2D eigenvalue weighted by molar-refractivity contribution is 0.0707. The third-order valence-electron chi connectivity index (χ3n) is 2.61. The van der Waals surface area contributed by atoms with Crippen LogP contribution in [0, 0.1) is 12.7 Å². The van der Waals surface area contributed by atoms with E-state index in [1.54, 1.807) is 17.0 Å². The molecule has 0 aliphatic carbocycles. The highest BCUT2D eigenvalue weighted by molar-refractivity contribution is 5.94. The zero-order chi connectivity index (χ0) is 13.0. The molecule has 94 valence electrons. The van der Waals surface area contributed by atoms with Gasteiger partial charge >= 0.3 is 0 Å². The van der Waals surface area contributed by atoms with Crippen LogP contribution in [0.15, 0.2) is 18.2 Å². The van der Waals surface area contributed by atoms with Crippen molar-refractivity contribution in [3.8, 4) is 0 Å². The van der Waals surface area contributed by atoms with Crippen LogP contribution in [0.2, 0.25) is 0 Å². The predicted octanol–water partition coefficient (Wildman–Crippen LogP) is 1.94. The standard InChI is InChI=1S/C13H19FN2O/c1-9(2)16(7-6-15)13(17)11-8-10(3)4-5-12(11)14/h4-5,8-9H,6-7,15H2,1-3H3. The second-order valence-corrected chi connectivity index (χ2v) is 4.36.